The van der Waals surface area contributed by atoms with Crippen molar-refractivity contribution in [3.8, 4) is 5.75 Å². The van der Waals surface area contributed by atoms with Gasteiger partial charge >= 0.3 is 0 Å². The molecule has 1 amide bonds. The molecule has 0 heterocycles. The van der Waals surface area contributed by atoms with Crippen LogP contribution in [0.2, 0.25) is 5.02 Å². The molecule has 0 spiro atoms. The van der Waals surface area contributed by atoms with Crippen LogP contribution in [0.15, 0.2) is 40.9 Å². The molecule has 0 unspecified atom stereocenters. The summed E-state index contributed by atoms with van der Waals surface area (Å²) in [6.45, 7) is 0.433. The summed E-state index contributed by atoms with van der Waals surface area (Å²) in [6.07, 6.45) is 0.598. The van der Waals surface area contributed by atoms with Gasteiger partial charge in [0, 0.05) is 11.6 Å². The van der Waals surface area contributed by atoms with Crippen molar-refractivity contribution in [3.63, 3.8) is 0 Å². The summed E-state index contributed by atoms with van der Waals surface area (Å²) in [7, 11) is 1.48. The first-order chi connectivity index (χ1) is 10.5. The lowest BCUT2D eigenvalue weighted by atomic mass is 10.1. The minimum absolute atomic E-state index is 0.241. The van der Waals surface area contributed by atoms with Gasteiger partial charge in [0.2, 0.25) is 0 Å². The summed E-state index contributed by atoms with van der Waals surface area (Å²) in [5, 5.41) is 3.31. The van der Waals surface area contributed by atoms with E-state index >= 15 is 0 Å². The first kappa shape index (κ1) is 16.8. The summed E-state index contributed by atoms with van der Waals surface area (Å²) >= 11 is 9.00. The molecule has 0 aliphatic carbocycles. The number of hydrogen-bond acceptors (Lipinski definition) is 2. The topological polar surface area (TPSA) is 38.3 Å². The van der Waals surface area contributed by atoms with Gasteiger partial charge in [0.1, 0.15) is 11.6 Å². The molecule has 2 aromatic rings. The van der Waals surface area contributed by atoms with E-state index in [1.165, 1.54) is 13.2 Å². The van der Waals surface area contributed by atoms with Gasteiger partial charge in [0.05, 0.1) is 17.1 Å². The summed E-state index contributed by atoms with van der Waals surface area (Å²) in [6, 6.07) is 9.62. The average molecular weight is 387 g/mol. The van der Waals surface area contributed by atoms with Crippen molar-refractivity contribution in [2.45, 2.75) is 6.42 Å². The molecular formula is C16H14BrClFNO2. The van der Waals surface area contributed by atoms with Crippen LogP contribution in [0.25, 0.3) is 0 Å². The molecule has 0 fully saturated rings. The Kier molecular flexibility index (Phi) is 5.80. The molecule has 0 aliphatic rings. The van der Waals surface area contributed by atoms with Gasteiger partial charge in [-0.2, -0.15) is 0 Å². The summed E-state index contributed by atoms with van der Waals surface area (Å²) in [5.41, 5.74) is 1.35. The van der Waals surface area contributed by atoms with Crippen molar-refractivity contribution in [3.05, 3.63) is 62.8 Å². The van der Waals surface area contributed by atoms with Crippen LogP contribution in [-0.2, 0) is 6.42 Å². The monoisotopic (exact) mass is 385 g/mol. The maximum Gasteiger partial charge on any atom is 0.255 e. The number of carbonyl (C=O) groups is 1. The van der Waals surface area contributed by atoms with E-state index in [1.807, 2.05) is 0 Å². The molecule has 116 valence electrons. The predicted octanol–water partition coefficient (Wildman–Crippen LogP) is 4.22. The van der Waals surface area contributed by atoms with Crippen molar-refractivity contribution in [1.82, 2.24) is 5.32 Å². The van der Waals surface area contributed by atoms with E-state index < -0.39 is 0 Å². The van der Waals surface area contributed by atoms with Crippen LogP contribution in [0, 0.1) is 5.82 Å². The molecule has 3 nitrogen and oxygen atoms in total. The molecule has 0 saturated carbocycles. The highest BCUT2D eigenvalue weighted by molar-refractivity contribution is 9.10. The fourth-order valence-electron chi connectivity index (χ4n) is 1.96. The summed E-state index contributed by atoms with van der Waals surface area (Å²) in [5.74, 6) is -0.122. The van der Waals surface area contributed by atoms with Crippen molar-refractivity contribution in [2.24, 2.45) is 0 Å². The number of amides is 1. The number of halogens is 3. The Hall–Kier alpha value is -1.59. The van der Waals surface area contributed by atoms with E-state index in [9.17, 15) is 9.18 Å². The second-order valence-electron chi connectivity index (χ2n) is 4.60. The molecule has 1 N–H and O–H groups in total. The molecule has 0 bridgehead atoms. The second kappa shape index (κ2) is 7.61. The standard InChI is InChI=1S/C16H14BrClFNO2/c1-22-15-9-11(18)3-4-12(15)16(21)20-7-6-10-2-5-14(19)13(17)8-10/h2-5,8-9H,6-7H2,1H3,(H,20,21). The van der Waals surface area contributed by atoms with Crippen LogP contribution in [0.4, 0.5) is 4.39 Å². The zero-order chi connectivity index (χ0) is 16.1. The summed E-state index contributed by atoms with van der Waals surface area (Å²) < 4.78 is 18.7. The van der Waals surface area contributed by atoms with Crippen LogP contribution in [0.1, 0.15) is 15.9 Å². The third-order valence-electron chi connectivity index (χ3n) is 3.09. The molecule has 0 radical (unpaired) electrons. The lowest BCUT2D eigenvalue weighted by molar-refractivity contribution is 0.0951. The molecule has 0 aromatic heterocycles. The van der Waals surface area contributed by atoms with Gasteiger partial charge in [-0.25, -0.2) is 4.39 Å². The molecule has 2 aromatic carbocycles. The van der Waals surface area contributed by atoms with E-state index in [2.05, 4.69) is 21.2 Å². The molecule has 2 rings (SSSR count). The van der Waals surface area contributed by atoms with Gasteiger partial charge in [-0.3, -0.25) is 4.79 Å². The fraction of sp³-hybridized carbons (Fsp3) is 0.188. The summed E-state index contributed by atoms with van der Waals surface area (Å²) in [4.78, 5) is 12.1. The Balaban J connectivity index is 1.97. The Morgan fingerprint density at radius 2 is 2.09 bits per heavy atom. The average Bonchev–Trinajstić information content (AvgIpc) is 2.50. The van der Waals surface area contributed by atoms with Crippen LogP contribution in [0.5, 0.6) is 5.75 Å². The number of carbonyl (C=O) groups excluding carboxylic acids is 1. The maximum absolute atomic E-state index is 13.1. The van der Waals surface area contributed by atoms with Gasteiger partial charge < -0.3 is 10.1 Å². The highest BCUT2D eigenvalue weighted by Gasteiger charge is 2.12. The molecule has 0 saturated heterocycles. The van der Waals surface area contributed by atoms with Crippen LogP contribution in [0.3, 0.4) is 0 Å². The van der Waals surface area contributed by atoms with Crippen LogP contribution >= 0.6 is 27.5 Å². The van der Waals surface area contributed by atoms with E-state index in [0.717, 1.165) is 5.56 Å². The molecule has 22 heavy (non-hydrogen) atoms. The van der Waals surface area contributed by atoms with Gasteiger partial charge in [0.25, 0.3) is 5.91 Å². The SMILES string of the molecule is COc1cc(Cl)ccc1C(=O)NCCc1ccc(F)c(Br)c1. The number of nitrogens with one attached hydrogen (secondary N) is 1. The number of rotatable bonds is 5. The van der Waals surface area contributed by atoms with E-state index in [0.29, 0.717) is 33.8 Å². The lowest BCUT2D eigenvalue weighted by Crippen LogP contribution is -2.26. The zero-order valence-corrected chi connectivity index (χ0v) is 14.2. The van der Waals surface area contributed by atoms with Crippen molar-refractivity contribution >= 4 is 33.4 Å². The molecular weight excluding hydrogens is 373 g/mol. The maximum atomic E-state index is 13.1. The Morgan fingerprint density at radius 3 is 2.77 bits per heavy atom. The van der Waals surface area contributed by atoms with Crippen LogP contribution in [-0.4, -0.2) is 19.6 Å². The Bertz CT molecular complexity index is 694. The Morgan fingerprint density at radius 1 is 1.32 bits per heavy atom. The van der Waals surface area contributed by atoms with Gasteiger partial charge in [-0.05, 0) is 58.2 Å². The molecule has 0 atom stereocenters. The van der Waals surface area contributed by atoms with E-state index in [4.69, 9.17) is 16.3 Å². The number of benzene rings is 2. The predicted molar refractivity (Wildman–Crippen MR) is 88.1 cm³/mol. The van der Waals surface area contributed by atoms with Crippen molar-refractivity contribution < 1.29 is 13.9 Å². The molecule has 6 heteroatoms. The second-order valence-corrected chi connectivity index (χ2v) is 5.89. The number of hydrogen-bond donors (Lipinski definition) is 1. The highest BCUT2D eigenvalue weighted by atomic mass is 79.9. The zero-order valence-electron chi connectivity index (χ0n) is 11.8. The van der Waals surface area contributed by atoms with Crippen molar-refractivity contribution in [1.29, 1.82) is 0 Å². The quantitative estimate of drug-likeness (QED) is 0.835. The van der Waals surface area contributed by atoms with Gasteiger partial charge in [-0.15, -0.1) is 0 Å². The third-order valence-corrected chi connectivity index (χ3v) is 3.93. The van der Waals surface area contributed by atoms with Crippen molar-refractivity contribution in [2.75, 3.05) is 13.7 Å². The van der Waals surface area contributed by atoms with E-state index in [1.54, 1.807) is 30.3 Å². The number of methoxy groups -OCH3 is 1. The molecule has 0 aliphatic heterocycles. The fourth-order valence-corrected chi connectivity index (χ4v) is 2.55. The minimum atomic E-state index is -0.307. The normalized spacial score (nSPS) is 10.4. The smallest absolute Gasteiger partial charge is 0.255 e. The van der Waals surface area contributed by atoms with E-state index in [-0.39, 0.29) is 11.7 Å². The Labute approximate surface area is 141 Å². The third kappa shape index (κ3) is 4.21. The van der Waals surface area contributed by atoms with Crippen LogP contribution < -0.4 is 10.1 Å². The first-order valence-corrected chi connectivity index (χ1v) is 7.74. The minimum Gasteiger partial charge on any atom is -0.496 e. The van der Waals surface area contributed by atoms with Gasteiger partial charge in [-0.1, -0.05) is 17.7 Å². The lowest BCUT2D eigenvalue weighted by Gasteiger charge is -2.10. The number of ether oxygens (including phenoxy) is 1. The largest absolute Gasteiger partial charge is 0.496 e. The van der Waals surface area contributed by atoms with Gasteiger partial charge in [0.15, 0.2) is 0 Å². The first-order valence-electron chi connectivity index (χ1n) is 6.57. The highest BCUT2D eigenvalue weighted by Crippen LogP contribution is 2.23.